The maximum atomic E-state index is 13.5. The van der Waals surface area contributed by atoms with Gasteiger partial charge >= 0.3 is 0 Å². The third-order valence-corrected chi connectivity index (χ3v) is 4.18. The molecule has 1 aliphatic rings. The van der Waals surface area contributed by atoms with Gasteiger partial charge in [-0.05, 0) is 66.3 Å². The number of aryl methyl sites for hydroxylation is 2. The molecular weight excluding hydrogens is 249 g/mol. The van der Waals surface area contributed by atoms with Crippen LogP contribution >= 0.6 is 0 Å². The minimum Gasteiger partial charge on any atom is -0.310 e. The van der Waals surface area contributed by atoms with Crippen LogP contribution in [0.2, 0.25) is 0 Å². The molecule has 0 radical (unpaired) electrons. The Hall–Kier alpha value is -1.67. The van der Waals surface area contributed by atoms with E-state index in [1.807, 2.05) is 13.0 Å². The van der Waals surface area contributed by atoms with Gasteiger partial charge in [0.1, 0.15) is 5.82 Å². The van der Waals surface area contributed by atoms with Crippen LogP contribution in [0, 0.1) is 12.7 Å². The Kier molecular flexibility index (Phi) is 3.58. The van der Waals surface area contributed by atoms with E-state index in [-0.39, 0.29) is 5.82 Å². The lowest BCUT2D eigenvalue weighted by Gasteiger charge is -2.13. The molecule has 0 fully saturated rings. The second-order valence-corrected chi connectivity index (χ2v) is 5.52. The number of hydrogen-bond donors (Lipinski definition) is 1. The topological polar surface area (TPSA) is 12.0 Å². The van der Waals surface area contributed by atoms with Crippen LogP contribution in [-0.4, -0.2) is 6.54 Å². The predicted molar refractivity (Wildman–Crippen MR) is 81.3 cm³/mol. The number of hydrogen-bond acceptors (Lipinski definition) is 1. The van der Waals surface area contributed by atoms with Gasteiger partial charge in [0.2, 0.25) is 0 Å². The van der Waals surface area contributed by atoms with Crippen molar-refractivity contribution in [1.82, 2.24) is 5.32 Å². The van der Waals surface area contributed by atoms with Gasteiger partial charge in [-0.3, -0.25) is 0 Å². The number of benzene rings is 2. The van der Waals surface area contributed by atoms with E-state index in [0.717, 1.165) is 36.1 Å². The zero-order valence-corrected chi connectivity index (χ0v) is 12.0. The molecule has 1 atom stereocenters. The smallest absolute Gasteiger partial charge is 0.123 e. The Balaban J connectivity index is 1.99. The summed E-state index contributed by atoms with van der Waals surface area (Å²) in [6, 6.07) is 12.0. The first-order valence-corrected chi connectivity index (χ1v) is 7.31. The molecule has 3 rings (SSSR count). The molecule has 0 heterocycles. The van der Waals surface area contributed by atoms with Gasteiger partial charge < -0.3 is 5.32 Å². The Morgan fingerprint density at radius 2 is 2.05 bits per heavy atom. The summed E-state index contributed by atoms with van der Waals surface area (Å²) in [5, 5.41) is 3.52. The van der Waals surface area contributed by atoms with Crippen molar-refractivity contribution >= 4 is 0 Å². The van der Waals surface area contributed by atoms with E-state index in [0.29, 0.717) is 6.04 Å². The van der Waals surface area contributed by atoms with Crippen LogP contribution in [-0.2, 0) is 6.42 Å². The number of fused-ring (bicyclic) bond motifs is 1. The summed E-state index contributed by atoms with van der Waals surface area (Å²) in [4.78, 5) is 0. The van der Waals surface area contributed by atoms with Gasteiger partial charge in [0, 0.05) is 6.04 Å². The zero-order chi connectivity index (χ0) is 14.1. The van der Waals surface area contributed by atoms with Crippen molar-refractivity contribution in [2.24, 2.45) is 0 Å². The quantitative estimate of drug-likeness (QED) is 0.871. The average molecular weight is 269 g/mol. The summed E-state index contributed by atoms with van der Waals surface area (Å²) in [6.07, 6.45) is 2.27. The molecule has 2 aromatic rings. The molecule has 0 spiro atoms. The fourth-order valence-electron chi connectivity index (χ4n) is 3.15. The number of nitrogens with one attached hydrogen (secondary N) is 1. The second-order valence-electron chi connectivity index (χ2n) is 5.52. The van der Waals surface area contributed by atoms with Crippen molar-refractivity contribution in [3.63, 3.8) is 0 Å². The van der Waals surface area contributed by atoms with Crippen LogP contribution in [0.3, 0.4) is 0 Å². The van der Waals surface area contributed by atoms with Crippen LogP contribution in [0.4, 0.5) is 4.39 Å². The van der Waals surface area contributed by atoms with Gasteiger partial charge in [-0.2, -0.15) is 0 Å². The molecule has 1 unspecified atom stereocenters. The van der Waals surface area contributed by atoms with Crippen molar-refractivity contribution in [1.29, 1.82) is 0 Å². The minimum absolute atomic E-state index is 0.170. The van der Waals surface area contributed by atoms with E-state index in [4.69, 9.17) is 0 Å². The van der Waals surface area contributed by atoms with Gasteiger partial charge in [0.15, 0.2) is 0 Å². The predicted octanol–water partition coefficient (Wildman–Crippen LogP) is 4.40. The molecule has 1 N–H and O–H groups in total. The summed E-state index contributed by atoms with van der Waals surface area (Å²) < 4.78 is 13.5. The van der Waals surface area contributed by atoms with E-state index in [1.54, 1.807) is 6.07 Å². The number of rotatable bonds is 3. The molecule has 0 bridgehead atoms. The first-order valence-electron chi connectivity index (χ1n) is 7.31. The highest BCUT2D eigenvalue weighted by molar-refractivity contribution is 5.69. The highest BCUT2D eigenvalue weighted by Gasteiger charge is 2.21. The SMILES string of the molecule is CCNC1CCc2cc(-c3cc(F)ccc3C)ccc21. The first kappa shape index (κ1) is 13.3. The van der Waals surface area contributed by atoms with Gasteiger partial charge in [-0.25, -0.2) is 4.39 Å². The molecular formula is C18H20FN. The van der Waals surface area contributed by atoms with Gasteiger partial charge in [-0.1, -0.05) is 31.2 Å². The fraction of sp³-hybridized carbons (Fsp3) is 0.333. The summed E-state index contributed by atoms with van der Waals surface area (Å²) >= 11 is 0. The molecule has 2 aromatic carbocycles. The van der Waals surface area contributed by atoms with Crippen molar-refractivity contribution in [2.45, 2.75) is 32.7 Å². The Morgan fingerprint density at radius 3 is 2.85 bits per heavy atom. The van der Waals surface area contributed by atoms with Crippen molar-refractivity contribution < 1.29 is 4.39 Å². The molecule has 20 heavy (non-hydrogen) atoms. The van der Waals surface area contributed by atoms with E-state index in [2.05, 4.69) is 30.4 Å². The molecule has 2 heteroatoms. The fourth-order valence-corrected chi connectivity index (χ4v) is 3.15. The minimum atomic E-state index is -0.170. The molecule has 0 aliphatic heterocycles. The highest BCUT2D eigenvalue weighted by atomic mass is 19.1. The largest absolute Gasteiger partial charge is 0.310 e. The first-order chi connectivity index (χ1) is 9.69. The molecule has 0 aromatic heterocycles. The van der Waals surface area contributed by atoms with Crippen LogP contribution in [0.25, 0.3) is 11.1 Å². The zero-order valence-electron chi connectivity index (χ0n) is 12.0. The lowest BCUT2D eigenvalue weighted by molar-refractivity contribution is 0.549. The lowest BCUT2D eigenvalue weighted by atomic mass is 9.96. The van der Waals surface area contributed by atoms with Crippen molar-refractivity contribution in [2.75, 3.05) is 6.54 Å². The van der Waals surface area contributed by atoms with Crippen LogP contribution in [0.15, 0.2) is 36.4 Å². The van der Waals surface area contributed by atoms with Crippen LogP contribution < -0.4 is 5.32 Å². The summed E-state index contributed by atoms with van der Waals surface area (Å²) in [5.74, 6) is -0.170. The maximum Gasteiger partial charge on any atom is 0.123 e. The monoisotopic (exact) mass is 269 g/mol. The molecule has 0 saturated heterocycles. The molecule has 1 nitrogen and oxygen atoms in total. The Bertz CT molecular complexity index is 633. The Labute approximate surface area is 119 Å². The van der Waals surface area contributed by atoms with Crippen LogP contribution in [0.1, 0.15) is 36.1 Å². The van der Waals surface area contributed by atoms with Gasteiger partial charge in [0.05, 0.1) is 0 Å². The average Bonchev–Trinajstić information content (AvgIpc) is 2.84. The normalized spacial score (nSPS) is 17.2. The Morgan fingerprint density at radius 1 is 1.20 bits per heavy atom. The molecule has 0 saturated carbocycles. The molecule has 0 amide bonds. The van der Waals surface area contributed by atoms with E-state index < -0.39 is 0 Å². The van der Waals surface area contributed by atoms with Crippen LogP contribution in [0.5, 0.6) is 0 Å². The summed E-state index contributed by atoms with van der Waals surface area (Å²) in [5.41, 5.74) is 6.05. The van der Waals surface area contributed by atoms with E-state index in [9.17, 15) is 4.39 Å². The summed E-state index contributed by atoms with van der Waals surface area (Å²) in [6.45, 7) is 5.17. The van der Waals surface area contributed by atoms with Gasteiger partial charge in [0.25, 0.3) is 0 Å². The van der Waals surface area contributed by atoms with E-state index >= 15 is 0 Å². The molecule has 1 aliphatic carbocycles. The molecule has 104 valence electrons. The second kappa shape index (κ2) is 5.37. The third-order valence-electron chi connectivity index (χ3n) is 4.18. The summed E-state index contributed by atoms with van der Waals surface area (Å²) in [7, 11) is 0. The lowest BCUT2D eigenvalue weighted by Crippen LogP contribution is -2.18. The number of halogens is 1. The standard InChI is InChI=1S/C18H20FN/c1-3-20-18-9-6-13-10-14(5-8-16(13)18)17-11-15(19)7-4-12(17)2/h4-5,7-8,10-11,18,20H,3,6,9H2,1-2H3. The van der Waals surface area contributed by atoms with Gasteiger partial charge in [-0.15, -0.1) is 0 Å². The highest BCUT2D eigenvalue weighted by Crippen LogP contribution is 2.35. The van der Waals surface area contributed by atoms with Crippen molar-refractivity contribution in [3.05, 3.63) is 58.9 Å². The van der Waals surface area contributed by atoms with E-state index in [1.165, 1.54) is 17.2 Å². The third kappa shape index (κ3) is 2.36. The maximum absolute atomic E-state index is 13.5. The van der Waals surface area contributed by atoms with Crippen molar-refractivity contribution in [3.8, 4) is 11.1 Å².